The van der Waals surface area contributed by atoms with Crippen LogP contribution in [-0.2, 0) is 0 Å². The molecule has 4 nitrogen and oxygen atoms in total. The van der Waals surface area contributed by atoms with Crippen molar-refractivity contribution in [2.75, 3.05) is 0 Å². The highest BCUT2D eigenvalue weighted by Crippen LogP contribution is 2.14. The van der Waals surface area contributed by atoms with Gasteiger partial charge in [-0.15, -0.1) is 0 Å². The van der Waals surface area contributed by atoms with Gasteiger partial charge in [0.25, 0.3) is 0 Å². The van der Waals surface area contributed by atoms with Gasteiger partial charge in [-0.25, -0.2) is 0 Å². The molecule has 2 heterocycles. The molecule has 0 fully saturated rings. The largest absolute Gasteiger partial charge is 0.353 e. The van der Waals surface area contributed by atoms with E-state index in [0.29, 0.717) is 17.7 Å². The first kappa shape index (κ1) is 7.67. The normalized spacial score (nSPS) is 9.85. The Morgan fingerprint density at radius 1 is 1.31 bits per heavy atom. The smallest absolute Gasteiger partial charge is 0.199 e. The summed E-state index contributed by atoms with van der Waals surface area (Å²) in [5.41, 5.74) is 1.27. The van der Waals surface area contributed by atoms with Crippen molar-refractivity contribution >= 4 is 6.29 Å². The van der Waals surface area contributed by atoms with E-state index in [4.69, 9.17) is 4.52 Å². The summed E-state index contributed by atoms with van der Waals surface area (Å²) in [6.45, 7) is 0. The molecule has 0 saturated carbocycles. The Bertz CT molecular complexity index is 409. The molecule has 0 saturated heterocycles. The molecule has 0 amide bonds. The number of carbonyl (C=O) groups is 1. The highest BCUT2D eigenvalue weighted by molar-refractivity contribution is 5.73. The molecule has 0 unspecified atom stereocenters. The third-order valence-electron chi connectivity index (χ3n) is 1.57. The first-order valence-electron chi connectivity index (χ1n) is 3.73. The Morgan fingerprint density at radius 2 is 2.23 bits per heavy atom. The van der Waals surface area contributed by atoms with Crippen LogP contribution in [0.4, 0.5) is 0 Å². The second-order valence-corrected chi connectivity index (χ2v) is 2.45. The van der Waals surface area contributed by atoms with E-state index < -0.39 is 0 Å². The van der Waals surface area contributed by atoms with E-state index >= 15 is 0 Å². The van der Waals surface area contributed by atoms with Crippen molar-refractivity contribution in [1.29, 1.82) is 0 Å². The molecule has 0 bridgehead atoms. The minimum atomic E-state index is 0.209. The zero-order valence-corrected chi connectivity index (χ0v) is 6.68. The van der Waals surface area contributed by atoms with Crippen LogP contribution < -0.4 is 0 Å². The van der Waals surface area contributed by atoms with Crippen LogP contribution in [0.15, 0.2) is 35.0 Å². The van der Waals surface area contributed by atoms with Crippen molar-refractivity contribution in [2.24, 2.45) is 0 Å². The number of aldehydes is 1. The summed E-state index contributed by atoms with van der Waals surface area (Å²) < 4.78 is 4.71. The van der Waals surface area contributed by atoms with E-state index in [1.807, 2.05) is 12.1 Å². The van der Waals surface area contributed by atoms with Gasteiger partial charge in [-0.3, -0.25) is 9.78 Å². The van der Waals surface area contributed by atoms with Crippen molar-refractivity contribution in [1.82, 2.24) is 10.1 Å². The minimum Gasteiger partial charge on any atom is -0.353 e. The first-order chi connectivity index (χ1) is 6.40. The number of nitrogens with zero attached hydrogens (tertiary/aromatic N) is 2. The molecule has 0 aliphatic rings. The van der Waals surface area contributed by atoms with Crippen LogP contribution in [0.2, 0.25) is 0 Å². The third kappa shape index (κ3) is 1.46. The Kier molecular flexibility index (Phi) is 1.88. The summed E-state index contributed by atoms with van der Waals surface area (Å²) in [6.07, 6.45) is 2.27. The van der Waals surface area contributed by atoms with Crippen LogP contribution in [0.1, 0.15) is 10.6 Å². The van der Waals surface area contributed by atoms with Crippen LogP contribution in [0.5, 0.6) is 0 Å². The fourth-order valence-electron chi connectivity index (χ4n) is 0.980. The highest BCUT2D eigenvalue weighted by Gasteiger charge is 2.05. The second kappa shape index (κ2) is 3.18. The zero-order chi connectivity index (χ0) is 9.10. The van der Waals surface area contributed by atoms with Crippen LogP contribution >= 0.6 is 0 Å². The van der Waals surface area contributed by atoms with Crippen molar-refractivity contribution in [3.63, 3.8) is 0 Å². The van der Waals surface area contributed by atoms with Crippen molar-refractivity contribution in [2.45, 2.75) is 0 Å². The lowest BCUT2D eigenvalue weighted by atomic mass is 10.2. The van der Waals surface area contributed by atoms with Crippen LogP contribution in [0.3, 0.4) is 0 Å². The summed E-state index contributed by atoms with van der Waals surface area (Å²) >= 11 is 0. The zero-order valence-electron chi connectivity index (χ0n) is 6.68. The van der Waals surface area contributed by atoms with E-state index in [1.165, 1.54) is 0 Å². The molecule has 0 atom stereocenters. The number of pyridine rings is 1. The molecule has 0 aliphatic carbocycles. The van der Waals surface area contributed by atoms with Crippen molar-refractivity contribution in [3.05, 3.63) is 36.2 Å². The maximum atomic E-state index is 10.3. The molecule has 0 N–H and O–H groups in total. The fraction of sp³-hybridized carbons (Fsp3) is 0. The third-order valence-corrected chi connectivity index (χ3v) is 1.57. The summed E-state index contributed by atoms with van der Waals surface area (Å²) in [6, 6.07) is 7.00. The molecule has 4 heteroatoms. The van der Waals surface area contributed by atoms with Gasteiger partial charge in [0, 0.05) is 12.3 Å². The molecule has 64 valence electrons. The number of hydrogen-bond acceptors (Lipinski definition) is 4. The van der Waals surface area contributed by atoms with Gasteiger partial charge >= 0.3 is 0 Å². The van der Waals surface area contributed by atoms with Crippen LogP contribution in [-0.4, -0.2) is 16.4 Å². The molecular weight excluding hydrogens is 168 g/mol. The van der Waals surface area contributed by atoms with Gasteiger partial charge in [-0.1, -0.05) is 11.2 Å². The number of rotatable bonds is 2. The van der Waals surface area contributed by atoms with Crippen LogP contribution in [0.25, 0.3) is 11.4 Å². The van der Waals surface area contributed by atoms with Gasteiger partial charge in [0.1, 0.15) is 5.69 Å². The highest BCUT2D eigenvalue weighted by atomic mass is 16.5. The van der Waals surface area contributed by atoms with Gasteiger partial charge in [-0.05, 0) is 12.1 Å². The Morgan fingerprint density at radius 3 is 2.85 bits per heavy atom. The Labute approximate surface area is 74.2 Å². The predicted molar refractivity (Wildman–Crippen MR) is 45.1 cm³/mol. The molecule has 2 rings (SSSR count). The van der Waals surface area contributed by atoms with E-state index in [2.05, 4.69) is 10.1 Å². The maximum absolute atomic E-state index is 10.3. The topological polar surface area (TPSA) is 56.0 Å². The van der Waals surface area contributed by atoms with E-state index in [9.17, 15) is 4.79 Å². The lowest BCUT2D eigenvalue weighted by Gasteiger charge is -1.89. The maximum Gasteiger partial charge on any atom is 0.199 e. The van der Waals surface area contributed by atoms with E-state index in [1.54, 1.807) is 18.3 Å². The molecule has 2 aromatic heterocycles. The Hall–Kier alpha value is -1.97. The molecule has 13 heavy (non-hydrogen) atoms. The summed E-state index contributed by atoms with van der Waals surface area (Å²) in [4.78, 5) is 14.4. The number of aromatic nitrogens is 2. The fourth-order valence-corrected chi connectivity index (χ4v) is 0.980. The van der Waals surface area contributed by atoms with Crippen molar-refractivity contribution in [3.8, 4) is 11.4 Å². The van der Waals surface area contributed by atoms with Gasteiger partial charge < -0.3 is 4.52 Å². The molecular formula is C9H6N2O2. The average molecular weight is 174 g/mol. The monoisotopic (exact) mass is 174 g/mol. The van der Waals surface area contributed by atoms with Gasteiger partial charge in [0.05, 0.1) is 5.69 Å². The van der Waals surface area contributed by atoms with Gasteiger partial charge in [0.2, 0.25) is 0 Å². The van der Waals surface area contributed by atoms with Crippen LogP contribution in [0, 0.1) is 0 Å². The quantitative estimate of drug-likeness (QED) is 0.648. The number of carbonyl (C=O) groups excluding carboxylic acids is 1. The minimum absolute atomic E-state index is 0.209. The second-order valence-electron chi connectivity index (χ2n) is 2.45. The standard InChI is InChI=1S/C9H6N2O2/c12-6-7-5-9(11-13-7)8-3-1-2-4-10-8/h1-6H. The SMILES string of the molecule is O=Cc1cc(-c2ccccn2)no1. The van der Waals surface area contributed by atoms with Gasteiger partial charge in [-0.2, -0.15) is 0 Å². The molecule has 0 aliphatic heterocycles. The van der Waals surface area contributed by atoms with E-state index in [0.717, 1.165) is 0 Å². The summed E-state index contributed by atoms with van der Waals surface area (Å²) in [7, 11) is 0. The molecule has 0 aromatic carbocycles. The molecule has 0 radical (unpaired) electrons. The average Bonchev–Trinajstić information content (AvgIpc) is 2.67. The van der Waals surface area contributed by atoms with E-state index in [-0.39, 0.29) is 5.76 Å². The van der Waals surface area contributed by atoms with Gasteiger partial charge in [0.15, 0.2) is 12.0 Å². The first-order valence-corrected chi connectivity index (χ1v) is 3.73. The lowest BCUT2D eigenvalue weighted by molar-refractivity contribution is 0.109. The molecule has 0 spiro atoms. The molecule has 2 aromatic rings. The summed E-state index contributed by atoms with van der Waals surface area (Å²) in [5.74, 6) is 0.209. The predicted octanol–water partition coefficient (Wildman–Crippen LogP) is 1.55. The summed E-state index contributed by atoms with van der Waals surface area (Å²) in [5, 5.41) is 3.69. The Balaban J connectivity index is 2.41. The van der Waals surface area contributed by atoms with Crippen molar-refractivity contribution < 1.29 is 9.32 Å². The number of hydrogen-bond donors (Lipinski definition) is 0. The lowest BCUT2D eigenvalue weighted by Crippen LogP contribution is -1.79.